The Balaban J connectivity index is 1.92. The zero-order valence-electron chi connectivity index (χ0n) is 18.5. The van der Waals surface area contributed by atoms with Crippen molar-refractivity contribution in [2.45, 2.75) is 52.0 Å². The maximum Gasteiger partial charge on any atom is 0.243 e. The first kappa shape index (κ1) is 22.3. The van der Waals surface area contributed by atoms with Crippen LogP contribution in [-0.4, -0.2) is 41.2 Å². The molecule has 0 saturated carbocycles. The van der Waals surface area contributed by atoms with Crippen LogP contribution in [-0.2, 0) is 21.4 Å². The highest BCUT2D eigenvalue weighted by atomic mass is 32.1. The van der Waals surface area contributed by atoms with E-state index in [4.69, 9.17) is 0 Å². The lowest BCUT2D eigenvalue weighted by Gasteiger charge is -2.37. The summed E-state index contributed by atoms with van der Waals surface area (Å²) in [6.45, 7) is 13.3. The molecule has 1 aliphatic rings. The minimum Gasteiger partial charge on any atom is -0.330 e. The summed E-state index contributed by atoms with van der Waals surface area (Å²) >= 11 is 1.76. The van der Waals surface area contributed by atoms with Crippen LogP contribution >= 0.6 is 11.3 Å². The molecule has 1 aromatic heterocycles. The molecule has 1 aromatic carbocycles. The number of carbonyl (C=O) groups excluding carboxylic acids is 2. The summed E-state index contributed by atoms with van der Waals surface area (Å²) in [7, 11) is 0. The molecular formula is C25H32N2O2S. The van der Waals surface area contributed by atoms with Crippen LogP contribution in [0.25, 0.3) is 0 Å². The van der Waals surface area contributed by atoms with Crippen molar-refractivity contribution >= 4 is 23.2 Å². The van der Waals surface area contributed by atoms with Crippen LogP contribution in [0.1, 0.15) is 61.7 Å². The van der Waals surface area contributed by atoms with Crippen LogP contribution in [0.3, 0.4) is 0 Å². The Labute approximate surface area is 184 Å². The maximum absolute atomic E-state index is 13.3. The predicted molar refractivity (Wildman–Crippen MR) is 124 cm³/mol. The average Bonchev–Trinajstić information content (AvgIpc) is 3.20. The average molecular weight is 425 g/mol. The predicted octanol–water partition coefficient (Wildman–Crippen LogP) is 4.94. The largest absolute Gasteiger partial charge is 0.330 e. The highest BCUT2D eigenvalue weighted by Gasteiger charge is 2.33. The van der Waals surface area contributed by atoms with Gasteiger partial charge in [-0.25, -0.2) is 0 Å². The Morgan fingerprint density at radius 2 is 1.93 bits per heavy atom. The van der Waals surface area contributed by atoms with Gasteiger partial charge in [0.15, 0.2) is 0 Å². The van der Waals surface area contributed by atoms with Crippen molar-refractivity contribution in [3.8, 4) is 0 Å². The standard InChI is InChI=1S/C25H32N2O2S/c1-6-14-26(22(28)7-2)17-23(29)27-15-12-21-20(13-16-30-21)24(27)18-8-10-19(11-9-18)25(3,4)5/h6,8-11,13,16,24H,1,7,12,14-15,17H2,2-5H3/t24-/m0/s1. The third-order valence-electron chi connectivity index (χ3n) is 5.71. The summed E-state index contributed by atoms with van der Waals surface area (Å²) < 4.78 is 0. The van der Waals surface area contributed by atoms with E-state index in [2.05, 4.69) is 63.1 Å². The van der Waals surface area contributed by atoms with Gasteiger partial charge in [-0.3, -0.25) is 9.59 Å². The van der Waals surface area contributed by atoms with Crippen LogP contribution in [0.5, 0.6) is 0 Å². The van der Waals surface area contributed by atoms with Crippen molar-refractivity contribution in [3.05, 3.63) is 69.9 Å². The lowest BCUT2D eigenvalue weighted by molar-refractivity contribution is -0.141. The Bertz CT molecular complexity index is 908. The molecule has 0 bridgehead atoms. The molecular weight excluding hydrogens is 392 g/mol. The van der Waals surface area contributed by atoms with E-state index in [1.807, 2.05) is 11.8 Å². The molecule has 160 valence electrons. The summed E-state index contributed by atoms with van der Waals surface area (Å²) in [6, 6.07) is 10.7. The Kier molecular flexibility index (Phi) is 6.81. The number of nitrogens with zero attached hydrogens (tertiary/aromatic N) is 2. The fourth-order valence-corrected chi connectivity index (χ4v) is 4.90. The van der Waals surface area contributed by atoms with E-state index in [1.54, 1.807) is 22.3 Å². The molecule has 2 heterocycles. The van der Waals surface area contributed by atoms with Gasteiger partial charge >= 0.3 is 0 Å². The molecule has 3 rings (SSSR count). The SMILES string of the molecule is C=CCN(CC(=O)N1CCc2sccc2[C@@H]1c1ccc(C(C)(C)C)cc1)C(=O)CC. The zero-order valence-corrected chi connectivity index (χ0v) is 19.3. The van der Waals surface area contributed by atoms with Gasteiger partial charge in [-0.1, -0.05) is 58.0 Å². The summed E-state index contributed by atoms with van der Waals surface area (Å²) in [5, 5.41) is 2.11. The van der Waals surface area contributed by atoms with Gasteiger partial charge in [0.25, 0.3) is 0 Å². The molecule has 0 radical (unpaired) electrons. The minimum atomic E-state index is -0.108. The van der Waals surface area contributed by atoms with Crippen molar-refractivity contribution in [2.24, 2.45) is 0 Å². The van der Waals surface area contributed by atoms with E-state index in [1.165, 1.54) is 16.0 Å². The number of hydrogen-bond acceptors (Lipinski definition) is 3. The zero-order chi connectivity index (χ0) is 21.9. The minimum absolute atomic E-state index is 0.0135. The number of rotatable bonds is 6. The first-order valence-electron chi connectivity index (χ1n) is 10.6. The van der Waals surface area contributed by atoms with E-state index in [9.17, 15) is 9.59 Å². The summed E-state index contributed by atoms with van der Waals surface area (Å²) in [4.78, 5) is 30.5. The maximum atomic E-state index is 13.3. The van der Waals surface area contributed by atoms with Crippen LogP contribution in [0.2, 0.25) is 0 Å². The van der Waals surface area contributed by atoms with Gasteiger partial charge in [0, 0.05) is 24.4 Å². The number of benzene rings is 1. The van der Waals surface area contributed by atoms with Gasteiger partial charge < -0.3 is 9.80 Å². The quantitative estimate of drug-likeness (QED) is 0.616. The first-order valence-corrected chi connectivity index (χ1v) is 11.5. The second-order valence-electron chi connectivity index (χ2n) is 8.83. The second-order valence-corrected chi connectivity index (χ2v) is 9.83. The molecule has 2 amide bonds. The second kappa shape index (κ2) is 9.17. The van der Waals surface area contributed by atoms with Gasteiger partial charge in [0.2, 0.25) is 11.8 Å². The van der Waals surface area contributed by atoms with Crippen LogP contribution < -0.4 is 0 Å². The van der Waals surface area contributed by atoms with E-state index in [-0.39, 0.29) is 29.8 Å². The lowest BCUT2D eigenvalue weighted by Crippen LogP contribution is -2.46. The molecule has 1 aliphatic heterocycles. The van der Waals surface area contributed by atoms with Crippen molar-refractivity contribution in [1.82, 2.24) is 9.80 Å². The Hall–Kier alpha value is -2.40. The fourth-order valence-electron chi connectivity index (χ4n) is 4.00. The smallest absolute Gasteiger partial charge is 0.243 e. The van der Waals surface area contributed by atoms with Gasteiger partial charge in [-0.2, -0.15) is 0 Å². The van der Waals surface area contributed by atoms with E-state index in [0.717, 1.165) is 12.0 Å². The first-order chi connectivity index (χ1) is 14.3. The van der Waals surface area contributed by atoms with Crippen LogP contribution in [0, 0.1) is 0 Å². The topological polar surface area (TPSA) is 40.6 Å². The van der Waals surface area contributed by atoms with Gasteiger partial charge in [-0.15, -0.1) is 17.9 Å². The number of fused-ring (bicyclic) bond motifs is 1. The molecule has 30 heavy (non-hydrogen) atoms. The van der Waals surface area contributed by atoms with Gasteiger partial charge in [0.1, 0.15) is 6.54 Å². The van der Waals surface area contributed by atoms with E-state index < -0.39 is 0 Å². The number of carbonyl (C=O) groups is 2. The molecule has 1 atom stereocenters. The van der Waals surface area contributed by atoms with Crippen LogP contribution in [0.15, 0.2) is 48.4 Å². The summed E-state index contributed by atoms with van der Waals surface area (Å²) in [5.41, 5.74) is 3.68. The van der Waals surface area contributed by atoms with Gasteiger partial charge in [0.05, 0.1) is 6.04 Å². The molecule has 0 unspecified atom stereocenters. The number of hydrogen-bond donors (Lipinski definition) is 0. The Morgan fingerprint density at radius 3 is 2.53 bits per heavy atom. The fraction of sp³-hybridized carbons (Fsp3) is 0.440. The molecule has 0 fully saturated rings. The van der Waals surface area contributed by atoms with E-state index >= 15 is 0 Å². The third-order valence-corrected chi connectivity index (χ3v) is 6.71. The lowest BCUT2D eigenvalue weighted by atomic mass is 9.85. The molecule has 2 aromatic rings. The highest BCUT2D eigenvalue weighted by Crippen LogP contribution is 2.38. The summed E-state index contributed by atoms with van der Waals surface area (Å²) in [5.74, 6) is -0.0389. The molecule has 0 spiro atoms. The third kappa shape index (κ3) is 4.67. The normalized spacial score (nSPS) is 16.1. The highest BCUT2D eigenvalue weighted by molar-refractivity contribution is 7.10. The Morgan fingerprint density at radius 1 is 1.23 bits per heavy atom. The molecule has 4 nitrogen and oxygen atoms in total. The molecule has 0 N–H and O–H groups in total. The number of amides is 2. The van der Waals surface area contributed by atoms with Crippen LogP contribution in [0.4, 0.5) is 0 Å². The summed E-state index contributed by atoms with van der Waals surface area (Å²) in [6.07, 6.45) is 2.92. The van der Waals surface area contributed by atoms with Crippen molar-refractivity contribution in [3.63, 3.8) is 0 Å². The monoisotopic (exact) mass is 424 g/mol. The van der Waals surface area contributed by atoms with Crippen molar-refractivity contribution in [1.29, 1.82) is 0 Å². The van der Waals surface area contributed by atoms with Crippen molar-refractivity contribution < 1.29 is 9.59 Å². The van der Waals surface area contributed by atoms with Crippen molar-refractivity contribution in [2.75, 3.05) is 19.6 Å². The van der Waals surface area contributed by atoms with Gasteiger partial charge in [-0.05, 0) is 40.0 Å². The molecule has 0 aliphatic carbocycles. The molecule has 5 heteroatoms. The van der Waals surface area contributed by atoms with E-state index in [0.29, 0.717) is 19.5 Å². The number of thiophene rings is 1. The molecule has 0 saturated heterocycles.